The van der Waals surface area contributed by atoms with Crippen molar-refractivity contribution in [2.45, 2.75) is 38.5 Å². The number of hydrogen-bond donors (Lipinski definition) is 2. The summed E-state index contributed by atoms with van der Waals surface area (Å²) in [7, 11) is -3.39. The molecular weight excluding hydrogens is 632 g/mol. The fraction of sp³-hybridized carbons (Fsp3) is 0.379. The van der Waals surface area contributed by atoms with Crippen LogP contribution in [0.5, 0.6) is 5.75 Å². The molecule has 0 radical (unpaired) electrons. The summed E-state index contributed by atoms with van der Waals surface area (Å²) in [5, 5.41) is 12.6. The van der Waals surface area contributed by atoms with Crippen molar-refractivity contribution in [2.75, 3.05) is 31.6 Å². The number of carbonyl (C=O) groups excluding carboxylic acids is 1. The second-order valence-electron chi connectivity index (χ2n) is 10.2. The molecule has 0 spiro atoms. The third-order valence-electron chi connectivity index (χ3n) is 6.42. The van der Waals surface area contributed by atoms with E-state index in [0.29, 0.717) is 35.3 Å². The molecule has 0 bridgehead atoms. The Bertz CT molecular complexity index is 1470. The lowest BCUT2D eigenvalue weighted by Gasteiger charge is -2.32. The lowest BCUT2D eigenvalue weighted by Crippen LogP contribution is -2.42. The fourth-order valence-electron chi connectivity index (χ4n) is 4.43. The third-order valence-corrected chi connectivity index (χ3v) is 10.5. The van der Waals surface area contributed by atoms with Gasteiger partial charge in [0.2, 0.25) is 10.0 Å². The molecule has 1 aromatic heterocycles. The number of carbonyl (C=O) groups is 2. The molecule has 2 heterocycles. The van der Waals surface area contributed by atoms with Crippen molar-refractivity contribution >= 4 is 54.9 Å². The van der Waals surface area contributed by atoms with Crippen LogP contribution >= 0.6 is 27.3 Å². The van der Waals surface area contributed by atoms with Gasteiger partial charge in [-0.05, 0) is 57.9 Å². The average molecular weight is 666 g/mol. The van der Waals surface area contributed by atoms with Crippen LogP contribution in [0.1, 0.15) is 41.9 Å². The van der Waals surface area contributed by atoms with Gasteiger partial charge in [-0.3, -0.25) is 0 Å². The number of thiophene rings is 1. The molecule has 1 aliphatic rings. The van der Waals surface area contributed by atoms with E-state index in [1.165, 1.54) is 11.3 Å². The van der Waals surface area contributed by atoms with Crippen LogP contribution in [0.25, 0.3) is 10.4 Å². The van der Waals surface area contributed by atoms with E-state index in [9.17, 15) is 18.0 Å². The predicted octanol–water partition coefficient (Wildman–Crippen LogP) is 5.86. The van der Waals surface area contributed by atoms with Crippen LogP contribution in [0.4, 0.5) is 5.69 Å². The number of esters is 1. The maximum Gasteiger partial charge on any atom is 0.352 e. The Hall–Kier alpha value is -2.93. The highest BCUT2D eigenvalue weighted by molar-refractivity contribution is 9.10. The number of rotatable bonds is 12. The van der Waals surface area contributed by atoms with Gasteiger partial charge in [-0.2, -0.15) is 0 Å². The Kier molecular flexibility index (Phi) is 10.5. The molecule has 1 fully saturated rings. The third kappa shape index (κ3) is 8.31. The van der Waals surface area contributed by atoms with Crippen LogP contribution in [-0.4, -0.2) is 62.1 Å². The second kappa shape index (κ2) is 13.8. The van der Waals surface area contributed by atoms with Gasteiger partial charge in [-0.25, -0.2) is 22.3 Å². The van der Waals surface area contributed by atoms with Gasteiger partial charge >= 0.3 is 11.9 Å². The van der Waals surface area contributed by atoms with E-state index in [-0.39, 0.29) is 34.9 Å². The van der Waals surface area contributed by atoms with Crippen LogP contribution in [0.2, 0.25) is 0 Å². The number of aliphatic carboxylic acids is 1. The van der Waals surface area contributed by atoms with Gasteiger partial charge in [0.1, 0.15) is 0 Å². The first-order chi connectivity index (χ1) is 19.5. The van der Waals surface area contributed by atoms with Crippen LogP contribution in [-0.2, 0) is 25.3 Å². The van der Waals surface area contributed by atoms with E-state index >= 15 is 0 Å². The smallest absolute Gasteiger partial charge is 0.352 e. The standard InChI is InChI=1S/C29H33BrN2O7S2/c1-19(2)16-39-29(35)28-26(38-17-24(33)34)25(30)27(40-28)21-9-6-10-23(15-21)31-22-11-13-32(14-12-22)41(36,37)18-20-7-4-3-5-8-20/h3-10,15,19,22,31H,11-14,16-18H2,1-2H3,(H,33,34). The molecular formula is C29H33BrN2O7S2. The first-order valence-electron chi connectivity index (χ1n) is 13.3. The molecule has 0 saturated carbocycles. The first kappa shape index (κ1) is 31.0. The van der Waals surface area contributed by atoms with E-state index in [4.69, 9.17) is 14.6 Å². The summed E-state index contributed by atoms with van der Waals surface area (Å²) in [5.41, 5.74) is 2.43. The van der Waals surface area contributed by atoms with Crippen LogP contribution in [0.15, 0.2) is 59.1 Å². The topological polar surface area (TPSA) is 122 Å². The normalized spacial score (nSPS) is 14.6. The minimum absolute atomic E-state index is 0.00512. The number of carboxylic acids is 1. The van der Waals surface area contributed by atoms with Crippen LogP contribution in [0, 0.1) is 5.92 Å². The van der Waals surface area contributed by atoms with Gasteiger partial charge in [0.05, 0.1) is 21.7 Å². The zero-order valence-electron chi connectivity index (χ0n) is 22.8. The summed E-state index contributed by atoms with van der Waals surface area (Å²) in [6.45, 7) is 4.37. The molecule has 12 heteroatoms. The summed E-state index contributed by atoms with van der Waals surface area (Å²) >= 11 is 4.68. The van der Waals surface area contributed by atoms with Gasteiger partial charge in [0.15, 0.2) is 17.2 Å². The molecule has 4 rings (SSSR count). The van der Waals surface area contributed by atoms with Gasteiger partial charge in [0, 0.05) is 24.8 Å². The highest BCUT2D eigenvalue weighted by Gasteiger charge is 2.29. The maximum atomic E-state index is 12.9. The number of anilines is 1. The molecule has 0 amide bonds. The minimum Gasteiger partial charge on any atom is -0.479 e. The van der Waals surface area contributed by atoms with Gasteiger partial charge in [-0.1, -0.05) is 56.3 Å². The average Bonchev–Trinajstić information content (AvgIpc) is 3.27. The lowest BCUT2D eigenvalue weighted by molar-refractivity contribution is -0.139. The monoisotopic (exact) mass is 664 g/mol. The summed E-state index contributed by atoms with van der Waals surface area (Å²) in [6.07, 6.45) is 1.33. The summed E-state index contributed by atoms with van der Waals surface area (Å²) in [6, 6.07) is 16.9. The van der Waals surface area contributed by atoms with E-state index in [1.54, 1.807) is 4.31 Å². The molecule has 220 valence electrons. The summed E-state index contributed by atoms with van der Waals surface area (Å²) in [4.78, 5) is 24.9. The molecule has 1 saturated heterocycles. The van der Waals surface area contributed by atoms with Crippen LogP contribution < -0.4 is 10.1 Å². The Morgan fingerprint density at radius 1 is 1.12 bits per heavy atom. The predicted molar refractivity (Wildman–Crippen MR) is 163 cm³/mol. The molecule has 41 heavy (non-hydrogen) atoms. The van der Waals surface area contributed by atoms with E-state index in [0.717, 1.165) is 16.8 Å². The number of carboxylic acid groups (broad SMARTS) is 1. The molecule has 0 atom stereocenters. The van der Waals surface area contributed by atoms with Crippen molar-refractivity contribution in [3.8, 4) is 16.2 Å². The molecule has 2 aromatic carbocycles. The minimum atomic E-state index is -3.39. The van der Waals surface area contributed by atoms with Crippen molar-refractivity contribution < 1.29 is 32.6 Å². The van der Waals surface area contributed by atoms with Crippen molar-refractivity contribution in [2.24, 2.45) is 5.92 Å². The number of hydrogen-bond acceptors (Lipinski definition) is 8. The van der Waals surface area contributed by atoms with Crippen molar-refractivity contribution in [3.05, 3.63) is 69.5 Å². The number of halogens is 1. The van der Waals surface area contributed by atoms with Gasteiger partial charge in [0.25, 0.3) is 0 Å². The highest BCUT2D eigenvalue weighted by Crippen LogP contribution is 2.46. The molecule has 9 nitrogen and oxygen atoms in total. The number of benzene rings is 2. The Morgan fingerprint density at radius 3 is 2.49 bits per heavy atom. The highest BCUT2D eigenvalue weighted by atomic mass is 79.9. The Morgan fingerprint density at radius 2 is 1.83 bits per heavy atom. The van der Waals surface area contributed by atoms with Gasteiger partial charge in [-0.15, -0.1) is 11.3 Å². The summed E-state index contributed by atoms with van der Waals surface area (Å²) < 4.78 is 38.8. The zero-order valence-corrected chi connectivity index (χ0v) is 26.1. The molecule has 1 aliphatic heterocycles. The summed E-state index contributed by atoms with van der Waals surface area (Å²) in [5.74, 6) is -1.45. The molecule has 0 unspecified atom stereocenters. The molecule has 3 aromatic rings. The van der Waals surface area contributed by atoms with Crippen molar-refractivity contribution in [3.63, 3.8) is 0 Å². The molecule has 2 N–H and O–H groups in total. The Balaban J connectivity index is 1.46. The number of nitrogens with zero attached hydrogens (tertiary/aromatic N) is 1. The zero-order chi connectivity index (χ0) is 29.6. The number of nitrogens with one attached hydrogen (secondary N) is 1. The first-order valence-corrected chi connectivity index (χ1v) is 16.5. The van der Waals surface area contributed by atoms with E-state index in [2.05, 4.69) is 21.2 Å². The Labute approximate surface area is 252 Å². The number of piperidine rings is 1. The lowest BCUT2D eigenvalue weighted by atomic mass is 10.1. The van der Waals surface area contributed by atoms with Crippen molar-refractivity contribution in [1.82, 2.24) is 4.31 Å². The van der Waals surface area contributed by atoms with Crippen LogP contribution in [0.3, 0.4) is 0 Å². The van der Waals surface area contributed by atoms with E-state index < -0.39 is 28.6 Å². The van der Waals surface area contributed by atoms with E-state index in [1.807, 2.05) is 68.4 Å². The largest absolute Gasteiger partial charge is 0.479 e. The maximum absolute atomic E-state index is 12.9. The molecule has 0 aliphatic carbocycles. The number of sulfonamides is 1. The fourth-order valence-corrected chi connectivity index (χ4v) is 7.93. The van der Waals surface area contributed by atoms with Gasteiger partial charge < -0.3 is 19.9 Å². The second-order valence-corrected chi connectivity index (χ2v) is 14.0. The SMILES string of the molecule is CC(C)COC(=O)c1sc(-c2cccc(NC3CCN(S(=O)(=O)Cc4ccccc4)CC3)c2)c(Br)c1OCC(=O)O. The number of ether oxygens (including phenoxy) is 2. The van der Waals surface area contributed by atoms with Crippen molar-refractivity contribution in [1.29, 1.82) is 0 Å². The quantitative estimate of drug-likeness (QED) is 0.231.